The molecule has 0 fully saturated rings. The molecule has 0 atom stereocenters. The molecule has 17 heavy (non-hydrogen) atoms. The molecule has 0 bridgehead atoms. The summed E-state index contributed by atoms with van der Waals surface area (Å²) in [5, 5.41) is 4.67. The van der Waals surface area contributed by atoms with Gasteiger partial charge >= 0.3 is 0 Å². The lowest BCUT2D eigenvalue weighted by atomic mass is 10.3. The van der Waals surface area contributed by atoms with Crippen LogP contribution in [0.25, 0.3) is 0 Å². The monoisotopic (exact) mass is 277 g/mol. The molecule has 1 aromatic heterocycles. The first-order valence-electron chi connectivity index (χ1n) is 4.94. The summed E-state index contributed by atoms with van der Waals surface area (Å²) in [4.78, 5) is 11.8. The third-order valence-electron chi connectivity index (χ3n) is 2.10. The van der Waals surface area contributed by atoms with Crippen LogP contribution in [0.15, 0.2) is 11.4 Å². The van der Waals surface area contributed by atoms with E-state index < -0.39 is 15.9 Å². The van der Waals surface area contributed by atoms with E-state index in [4.69, 9.17) is 5.73 Å². The fourth-order valence-electron chi connectivity index (χ4n) is 1.12. The minimum absolute atomic E-state index is 0.0253. The number of carbonyl (C=O) groups is 1. The van der Waals surface area contributed by atoms with Gasteiger partial charge in [-0.3, -0.25) is 4.79 Å². The van der Waals surface area contributed by atoms with Gasteiger partial charge in [0.2, 0.25) is 15.9 Å². The van der Waals surface area contributed by atoms with Crippen LogP contribution in [0.2, 0.25) is 0 Å². The molecule has 0 unspecified atom stereocenters. The van der Waals surface area contributed by atoms with Crippen LogP contribution < -0.4 is 15.8 Å². The Morgan fingerprint density at radius 3 is 2.76 bits per heavy atom. The third-order valence-corrected chi connectivity index (χ3v) is 4.40. The summed E-state index contributed by atoms with van der Waals surface area (Å²) in [7, 11) is -1.78. The van der Waals surface area contributed by atoms with Gasteiger partial charge in [-0.1, -0.05) is 0 Å². The van der Waals surface area contributed by atoms with E-state index in [0.29, 0.717) is 18.7 Å². The average molecular weight is 277 g/mol. The number of thiophene rings is 1. The number of sulfonamides is 1. The topological polar surface area (TPSA) is 101 Å². The van der Waals surface area contributed by atoms with Crippen LogP contribution >= 0.6 is 11.3 Å². The van der Waals surface area contributed by atoms with Crippen molar-refractivity contribution in [1.29, 1.82) is 0 Å². The highest BCUT2D eigenvalue weighted by molar-refractivity contribution is 7.89. The standard InChI is InChI=1S/C9H15N3O3S2/c1-11-17(14,15)3-2-12-5-8-4-7(6-16-8)9(10)13/h4,6,11-12H,2-3,5H2,1H3,(H2,10,13). The van der Waals surface area contributed by atoms with Crippen molar-refractivity contribution in [2.24, 2.45) is 5.73 Å². The number of rotatable bonds is 7. The summed E-state index contributed by atoms with van der Waals surface area (Å²) < 4.78 is 24.4. The Kier molecular flexibility index (Phi) is 5.06. The second kappa shape index (κ2) is 6.10. The number of nitrogens with two attached hydrogens (primary N) is 1. The third kappa shape index (κ3) is 4.82. The Hall–Kier alpha value is -0.960. The Labute approximate surface area is 104 Å². The minimum atomic E-state index is -3.17. The smallest absolute Gasteiger partial charge is 0.249 e. The molecule has 0 aromatic carbocycles. The second-order valence-corrected chi connectivity index (χ2v) is 6.41. The van der Waals surface area contributed by atoms with Crippen LogP contribution in [-0.2, 0) is 16.6 Å². The van der Waals surface area contributed by atoms with E-state index in [9.17, 15) is 13.2 Å². The predicted octanol–water partition coefficient (Wildman–Crippen LogP) is -0.514. The molecule has 1 rings (SSSR count). The molecule has 0 aliphatic heterocycles. The molecule has 6 nitrogen and oxygen atoms in total. The normalized spacial score (nSPS) is 11.6. The summed E-state index contributed by atoms with van der Waals surface area (Å²) in [5.41, 5.74) is 5.60. The van der Waals surface area contributed by atoms with Gasteiger partial charge in [-0.2, -0.15) is 0 Å². The Morgan fingerprint density at radius 2 is 2.24 bits per heavy atom. The molecule has 0 aliphatic rings. The molecule has 0 saturated heterocycles. The Balaban J connectivity index is 2.34. The van der Waals surface area contributed by atoms with Crippen molar-refractivity contribution in [2.45, 2.75) is 6.54 Å². The fourth-order valence-corrected chi connectivity index (χ4v) is 2.58. The maximum absolute atomic E-state index is 11.1. The Bertz CT molecular complexity index is 481. The summed E-state index contributed by atoms with van der Waals surface area (Å²) in [6, 6.07) is 1.70. The van der Waals surface area contributed by atoms with Gasteiger partial charge in [-0.25, -0.2) is 13.1 Å². The lowest BCUT2D eigenvalue weighted by molar-refractivity contribution is 0.100. The number of nitrogens with one attached hydrogen (secondary N) is 2. The van der Waals surface area contributed by atoms with Gasteiger partial charge in [-0.05, 0) is 13.1 Å². The van der Waals surface area contributed by atoms with Crippen LogP contribution in [0.3, 0.4) is 0 Å². The number of primary amides is 1. The molecule has 1 amide bonds. The molecule has 8 heteroatoms. The van der Waals surface area contributed by atoms with Crippen LogP contribution in [0, 0.1) is 0 Å². The molecule has 0 saturated carbocycles. The quantitative estimate of drug-likeness (QED) is 0.584. The maximum atomic E-state index is 11.1. The van der Waals surface area contributed by atoms with E-state index in [1.807, 2.05) is 0 Å². The maximum Gasteiger partial charge on any atom is 0.249 e. The fraction of sp³-hybridized carbons (Fsp3) is 0.444. The van der Waals surface area contributed by atoms with E-state index in [-0.39, 0.29) is 5.75 Å². The number of amides is 1. The van der Waals surface area contributed by atoms with Crippen LogP contribution in [0.4, 0.5) is 0 Å². The molecule has 1 aromatic rings. The highest BCUT2D eigenvalue weighted by Crippen LogP contribution is 2.13. The molecule has 0 aliphatic carbocycles. The van der Waals surface area contributed by atoms with E-state index >= 15 is 0 Å². The summed E-state index contributed by atoms with van der Waals surface area (Å²) in [6.07, 6.45) is 0. The first-order valence-corrected chi connectivity index (χ1v) is 7.47. The molecular formula is C9H15N3O3S2. The van der Waals surface area contributed by atoms with Gasteiger partial charge < -0.3 is 11.1 Å². The van der Waals surface area contributed by atoms with Crippen molar-refractivity contribution in [3.05, 3.63) is 21.9 Å². The van der Waals surface area contributed by atoms with Gasteiger partial charge in [0.15, 0.2) is 0 Å². The van der Waals surface area contributed by atoms with Crippen LogP contribution in [0.1, 0.15) is 15.2 Å². The first-order chi connectivity index (χ1) is 7.94. The highest BCUT2D eigenvalue weighted by Gasteiger charge is 2.07. The lowest BCUT2D eigenvalue weighted by Crippen LogP contribution is -2.29. The zero-order valence-corrected chi connectivity index (χ0v) is 11.0. The SMILES string of the molecule is CNS(=O)(=O)CCNCc1cc(C(N)=O)cs1. The largest absolute Gasteiger partial charge is 0.366 e. The van der Waals surface area contributed by atoms with Gasteiger partial charge in [0, 0.05) is 23.3 Å². The minimum Gasteiger partial charge on any atom is -0.366 e. The van der Waals surface area contributed by atoms with E-state index in [1.165, 1.54) is 18.4 Å². The molecular weight excluding hydrogens is 262 g/mol. The summed E-state index contributed by atoms with van der Waals surface area (Å²) in [5.74, 6) is -0.428. The predicted molar refractivity (Wildman–Crippen MR) is 67.4 cm³/mol. The Morgan fingerprint density at radius 1 is 1.53 bits per heavy atom. The van der Waals surface area contributed by atoms with Crippen molar-refractivity contribution in [1.82, 2.24) is 10.0 Å². The first kappa shape index (κ1) is 14.1. The lowest BCUT2D eigenvalue weighted by Gasteiger charge is -2.03. The molecule has 4 N–H and O–H groups in total. The van der Waals surface area contributed by atoms with Crippen molar-refractivity contribution < 1.29 is 13.2 Å². The van der Waals surface area contributed by atoms with Crippen molar-refractivity contribution in [3.8, 4) is 0 Å². The highest BCUT2D eigenvalue weighted by atomic mass is 32.2. The second-order valence-electron chi connectivity index (χ2n) is 3.37. The molecule has 0 spiro atoms. The zero-order valence-electron chi connectivity index (χ0n) is 9.39. The average Bonchev–Trinajstić information content (AvgIpc) is 2.73. The van der Waals surface area contributed by atoms with E-state index in [2.05, 4.69) is 10.0 Å². The number of carbonyl (C=O) groups excluding carboxylic acids is 1. The van der Waals surface area contributed by atoms with Crippen LogP contribution in [0.5, 0.6) is 0 Å². The molecule has 96 valence electrons. The van der Waals surface area contributed by atoms with E-state index in [0.717, 1.165) is 4.88 Å². The molecule has 0 radical (unpaired) electrons. The van der Waals surface area contributed by atoms with Gasteiger partial charge in [0.05, 0.1) is 11.3 Å². The summed E-state index contributed by atoms with van der Waals surface area (Å²) >= 11 is 1.41. The number of hydrogen-bond acceptors (Lipinski definition) is 5. The van der Waals surface area contributed by atoms with Crippen LogP contribution in [-0.4, -0.2) is 33.7 Å². The van der Waals surface area contributed by atoms with Crippen molar-refractivity contribution >= 4 is 27.3 Å². The van der Waals surface area contributed by atoms with Crippen molar-refractivity contribution in [3.63, 3.8) is 0 Å². The summed E-state index contributed by atoms with van der Waals surface area (Å²) in [6.45, 7) is 0.879. The van der Waals surface area contributed by atoms with E-state index in [1.54, 1.807) is 11.4 Å². The molecule has 1 heterocycles. The zero-order chi connectivity index (χ0) is 12.9. The number of hydrogen-bond donors (Lipinski definition) is 3. The van der Waals surface area contributed by atoms with Gasteiger partial charge in [0.1, 0.15) is 0 Å². The van der Waals surface area contributed by atoms with Gasteiger partial charge in [-0.15, -0.1) is 11.3 Å². The van der Waals surface area contributed by atoms with Crippen molar-refractivity contribution in [2.75, 3.05) is 19.3 Å². The van der Waals surface area contributed by atoms with Gasteiger partial charge in [0.25, 0.3) is 0 Å².